The number of carbonyl (C=O) groups excluding carboxylic acids is 1. The maximum atomic E-state index is 11.9. The molecule has 1 heterocycles. The van der Waals surface area contributed by atoms with Gasteiger partial charge in [0.15, 0.2) is 0 Å². The number of amides is 1. The summed E-state index contributed by atoms with van der Waals surface area (Å²) in [4.78, 5) is 16.1. The van der Waals surface area contributed by atoms with E-state index in [2.05, 4.69) is 38.2 Å². The number of hydrogen-bond donors (Lipinski definition) is 1. The average molecular weight is 227 g/mol. The van der Waals surface area contributed by atoms with Crippen molar-refractivity contribution in [2.24, 2.45) is 5.41 Å². The fraction of sp³-hybridized carbons (Fsp3) is 0.917. The van der Waals surface area contributed by atoms with Crippen LogP contribution in [-0.2, 0) is 4.79 Å². The van der Waals surface area contributed by atoms with Gasteiger partial charge in [0.05, 0.1) is 12.2 Å². The highest BCUT2D eigenvalue weighted by Gasteiger charge is 2.36. The van der Waals surface area contributed by atoms with Crippen LogP contribution >= 0.6 is 0 Å². The van der Waals surface area contributed by atoms with Crippen LogP contribution < -0.4 is 5.32 Å². The molecule has 1 rings (SSSR count). The summed E-state index contributed by atoms with van der Waals surface area (Å²) in [5.74, 6) is 0.222. The molecule has 1 N–H and O–H groups in total. The summed E-state index contributed by atoms with van der Waals surface area (Å²) in [6.45, 7) is 10.2. The van der Waals surface area contributed by atoms with Crippen molar-refractivity contribution in [3.8, 4) is 0 Å². The first-order valence-electron chi connectivity index (χ1n) is 5.94. The van der Waals surface area contributed by atoms with E-state index in [1.54, 1.807) is 0 Å². The Morgan fingerprint density at radius 3 is 2.31 bits per heavy atom. The largest absolute Gasteiger partial charge is 0.326 e. The van der Waals surface area contributed by atoms with E-state index in [9.17, 15) is 4.79 Å². The van der Waals surface area contributed by atoms with Crippen LogP contribution in [0.4, 0.5) is 0 Å². The van der Waals surface area contributed by atoms with Crippen molar-refractivity contribution in [2.75, 3.05) is 27.2 Å². The quantitative estimate of drug-likeness (QED) is 0.769. The first kappa shape index (κ1) is 13.5. The fourth-order valence-electron chi connectivity index (χ4n) is 2.54. The molecule has 94 valence electrons. The van der Waals surface area contributed by atoms with Crippen molar-refractivity contribution in [2.45, 2.75) is 39.9 Å². The van der Waals surface area contributed by atoms with Gasteiger partial charge in [-0.3, -0.25) is 10.1 Å². The summed E-state index contributed by atoms with van der Waals surface area (Å²) in [6, 6.07) is -0.0369. The highest BCUT2D eigenvalue weighted by molar-refractivity contribution is 5.83. The van der Waals surface area contributed by atoms with Crippen molar-refractivity contribution in [3.05, 3.63) is 0 Å². The van der Waals surface area contributed by atoms with Gasteiger partial charge < -0.3 is 9.80 Å². The zero-order chi connectivity index (χ0) is 12.5. The molecule has 4 nitrogen and oxygen atoms in total. The molecule has 0 bridgehead atoms. The van der Waals surface area contributed by atoms with Crippen LogP contribution in [0, 0.1) is 5.41 Å². The third-order valence-corrected chi connectivity index (χ3v) is 2.95. The van der Waals surface area contributed by atoms with Crippen molar-refractivity contribution in [1.82, 2.24) is 15.1 Å². The Morgan fingerprint density at radius 2 is 1.94 bits per heavy atom. The highest BCUT2D eigenvalue weighted by Crippen LogP contribution is 2.22. The SMILES string of the molecule is CC1NC(C)N(CC(C)(C)CN(C)C)C1=O. The lowest BCUT2D eigenvalue weighted by Gasteiger charge is -2.34. The summed E-state index contributed by atoms with van der Waals surface area (Å²) >= 11 is 0. The zero-order valence-corrected chi connectivity index (χ0v) is 11.4. The van der Waals surface area contributed by atoms with Crippen LogP contribution in [0.15, 0.2) is 0 Å². The van der Waals surface area contributed by atoms with Crippen molar-refractivity contribution in [3.63, 3.8) is 0 Å². The predicted octanol–water partition coefficient (Wildman–Crippen LogP) is 0.740. The lowest BCUT2D eigenvalue weighted by molar-refractivity contribution is -0.131. The molecule has 4 heteroatoms. The number of rotatable bonds is 4. The highest BCUT2D eigenvalue weighted by atomic mass is 16.2. The molecule has 0 aromatic rings. The van der Waals surface area contributed by atoms with E-state index in [0.29, 0.717) is 0 Å². The Morgan fingerprint density at radius 1 is 1.38 bits per heavy atom. The summed E-state index contributed by atoms with van der Waals surface area (Å²) < 4.78 is 0. The Kier molecular flexibility index (Phi) is 3.97. The van der Waals surface area contributed by atoms with Crippen LogP contribution in [0.3, 0.4) is 0 Å². The summed E-state index contributed by atoms with van der Waals surface area (Å²) in [5, 5.41) is 3.26. The molecular weight excluding hydrogens is 202 g/mol. The fourth-order valence-corrected chi connectivity index (χ4v) is 2.54. The minimum Gasteiger partial charge on any atom is -0.326 e. The third-order valence-electron chi connectivity index (χ3n) is 2.95. The first-order valence-corrected chi connectivity index (χ1v) is 5.94. The number of nitrogens with zero attached hydrogens (tertiary/aromatic N) is 2. The van der Waals surface area contributed by atoms with E-state index in [4.69, 9.17) is 0 Å². The van der Waals surface area contributed by atoms with E-state index in [1.807, 2.05) is 18.7 Å². The van der Waals surface area contributed by atoms with Crippen LogP contribution in [-0.4, -0.2) is 55.1 Å². The molecule has 0 aromatic heterocycles. The van der Waals surface area contributed by atoms with E-state index >= 15 is 0 Å². The number of carbonyl (C=O) groups is 1. The van der Waals surface area contributed by atoms with Gasteiger partial charge >= 0.3 is 0 Å². The van der Waals surface area contributed by atoms with Gasteiger partial charge in [-0.15, -0.1) is 0 Å². The molecule has 1 amide bonds. The summed E-state index contributed by atoms with van der Waals surface area (Å²) in [6.07, 6.45) is 0.156. The van der Waals surface area contributed by atoms with E-state index in [0.717, 1.165) is 13.1 Å². The maximum Gasteiger partial charge on any atom is 0.240 e. The Balaban J connectivity index is 2.62. The Labute approximate surface area is 99.0 Å². The molecule has 0 radical (unpaired) electrons. The predicted molar refractivity (Wildman–Crippen MR) is 66.1 cm³/mol. The molecule has 1 aliphatic rings. The van der Waals surface area contributed by atoms with Gasteiger partial charge in [-0.05, 0) is 33.4 Å². The van der Waals surface area contributed by atoms with E-state index in [-0.39, 0.29) is 23.5 Å². The van der Waals surface area contributed by atoms with E-state index in [1.165, 1.54) is 0 Å². The molecule has 1 fully saturated rings. The summed E-state index contributed by atoms with van der Waals surface area (Å²) in [7, 11) is 4.13. The minimum absolute atomic E-state index is 0.0369. The average Bonchev–Trinajstić information content (AvgIpc) is 2.29. The van der Waals surface area contributed by atoms with Gasteiger partial charge in [0.25, 0.3) is 0 Å². The van der Waals surface area contributed by atoms with Crippen molar-refractivity contribution in [1.29, 1.82) is 0 Å². The van der Waals surface area contributed by atoms with Crippen molar-refractivity contribution < 1.29 is 4.79 Å². The first-order chi connectivity index (χ1) is 7.23. The lowest BCUT2D eigenvalue weighted by Crippen LogP contribution is -2.44. The van der Waals surface area contributed by atoms with Gasteiger partial charge in [-0.25, -0.2) is 0 Å². The van der Waals surface area contributed by atoms with E-state index < -0.39 is 0 Å². The normalized spacial score (nSPS) is 26.9. The monoisotopic (exact) mass is 227 g/mol. The van der Waals surface area contributed by atoms with Crippen molar-refractivity contribution >= 4 is 5.91 Å². The molecule has 2 atom stereocenters. The molecule has 2 unspecified atom stereocenters. The van der Waals surface area contributed by atoms with Crippen LogP contribution in [0.2, 0.25) is 0 Å². The van der Waals surface area contributed by atoms with Crippen LogP contribution in [0.5, 0.6) is 0 Å². The molecular formula is C12H25N3O. The second kappa shape index (κ2) is 4.72. The Hall–Kier alpha value is -0.610. The van der Waals surface area contributed by atoms with Gasteiger partial charge in [0.1, 0.15) is 0 Å². The van der Waals surface area contributed by atoms with Crippen LogP contribution in [0.1, 0.15) is 27.7 Å². The van der Waals surface area contributed by atoms with Gasteiger partial charge in [0.2, 0.25) is 5.91 Å². The molecule has 0 saturated carbocycles. The second-order valence-electron chi connectivity index (χ2n) is 5.93. The maximum absolute atomic E-state index is 11.9. The third kappa shape index (κ3) is 3.19. The van der Waals surface area contributed by atoms with Crippen LogP contribution in [0.25, 0.3) is 0 Å². The number of nitrogens with one attached hydrogen (secondary N) is 1. The van der Waals surface area contributed by atoms with Gasteiger partial charge in [0, 0.05) is 13.1 Å². The van der Waals surface area contributed by atoms with Gasteiger partial charge in [-0.2, -0.15) is 0 Å². The topological polar surface area (TPSA) is 35.6 Å². The smallest absolute Gasteiger partial charge is 0.240 e. The van der Waals surface area contributed by atoms with Gasteiger partial charge in [-0.1, -0.05) is 13.8 Å². The molecule has 1 saturated heterocycles. The Bertz CT molecular complexity index is 263. The minimum atomic E-state index is -0.0369. The summed E-state index contributed by atoms with van der Waals surface area (Å²) in [5.41, 5.74) is 0.124. The molecule has 1 aliphatic heterocycles. The molecule has 0 aromatic carbocycles. The molecule has 0 spiro atoms. The molecule has 16 heavy (non-hydrogen) atoms. The zero-order valence-electron chi connectivity index (χ0n) is 11.4. The number of hydrogen-bond acceptors (Lipinski definition) is 3. The molecule has 0 aliphatic carbocycles. The lowest BCUT2D eigenvalue weighted by atomic mass is 9.92. The second-order valence-corrected chi connectivity index (χ2v) is 5.93. The standard InChI is InChI=1S/C12H25N3O/c1-9-11(16)15(10(2)13-9)8-12(3,4)7-14(5)6/h9-10,13H,7-8H2,1-6H3.